The molecule has 0 amide bonds. The molecule has 0 N–H and O–H groups in total. The minimum absolute atomic E-state index is 0.164. The van der Waals surface area contributed by atoms with E-state index < -0.39 is 8.32 Å². The Labute approximate surface area is 101 Å². The van der Waals surface area contributed by atoms with Crippen LogP contribution in [0.4, 0.5) is 0 Å². The predicted octanol–water partition coefficient (Wildman–Crippen LogP) is 3.74. The molecule has 0 aromatic rings. The molecule has 0 aromatic carbocycles. The van der Waals surface area contributed by atoms with Crippen molar-refractivity contribution >= 4 is 8.32 Å². The lowest BCUT2D eigenvalue weighted by Gasteiger charge is -2.36. The Balaban J connectivity index is 2.44. The molecule has 0 unspecified atom stereocenters. The molecule has 0 radical (unpaired) electrons. The van der Waals surface area contributed by atoms with E-state index in [9.17, 15) is 0 Å². The highest BCUT2D eigenvalue weighted by atomic mass is 28.4. The van der Waals surface area contributed by atoms with Crippen LogP contribution in [-0.4, -0.2) is 27.6 Å². The lowest BCUT2D eigenvalue weighted by Crippen LogP contribution is -2.42. The van der Waals surface area contributed by atoms with Gasteiger partial charge in [-0.2, -0.15) is 0 Å². The predicted molar refractivity (Wildman–Crippen MR) is 71.3 cm³/mol. The van der Waals surface area contributed by atoms with Crippen molar-refractivity contribution in [2.24, 2.45) is 0 Å². The third-order valence-electron chi connectivity index (χ3n) is 3.61. The summed E-state index contributed by atoms with van der Waals surface area (Å²) in [5, 5.41) is 0.279. The van der Waals surface area contributed by atoms with Gasteiger partial charge in [0, 0.05) is 6.61 Å². The Morgan fingerprint density at radius 2 is 2.06 bits per heavy atom. The zero-order chi connectivity index (χ0) is 12.2. The lowest BCUT2D eigenvalue weighted by atomic mass is 10.2. The van der Waals surface area contributed by atoms with Gasteiger partial charge in [-0.05, 0) is 31.0 Å². The van der Waals surface area contributed by atoms with Crippen LogP contribution in [0.3, 0.4) is 0 Å². The Morgan fingerprint density at radius 1 is 1.38 bits per heavy atom. The van der Waals surface area contributed by atoms with Crippen molar-refractivity contribution in [1.29, 1.82) is 0 Å². The van der Waals surface area contributed by atoms with Crippen LogP contribution in [0, 0.1) is 0 Å². The van der Waals surface area contributed by atoms with E-state index in [4.69, 9.17) is 9.16 Å². The van der Waals surface area contributed by atoms with Crippen molar-refractivity contribution in [2.45, 2.75) is 57.8 Å². The van der Waals surface area contributed by atoms with E-state index >= 15 is 0 Å². The largest absolute Gasteiger partial charge is 0.414 e. The Hall–Kier alpha value is -0.123. The van der Waals surface area contributed by atoms with Crippen LogP contribution >= 0.6 is 0 Å². The second-order valence-electron chi connectivity index (χ2n) is 6.05. The molecule has 94 valence electrons. The lowest BCUT2D eigenvalue weighted by molar-refractivity contribution is 0.0488. The molecule has 0 spiro atoms. The molecule has 0 aromatic heterocycles. The number of rotatable bonds is 3. The molecular weight excluding hydrogens is 216 g/mol. The minimum Gasteiger partial charge on any atom is -0.414 e. The van der Waals surface area contributed by atoms with E-state index in [1.54, 1.807) is 0 Å². The van der Waals surface area contributed by atoms with Crippen LogP contribution in [0.2, 0.25) is 18.1 Å². The van der Waals surface area contributed by atoms with E-state index in [1.807, 2.05) is 0 Å². The van der Waals surface area contributed by atoms with Gasteiger partial charge in [-0.25, -0.2) is 0 Å². The van der Waals surface area contributed by atoms with Crippen molar-refractivity contribution in [2.75, 3.05) is 13.2 Å². The molecule has 0 aliphatic carbocycles. The summed E-state index contributed by atoms with van der Waals surface area (Å²) in [5.41, 5.74) is 0. The van der Waals surface area contributed by atoms with Crippen LogP contribution < -0.4 is 0 Å². The average molecular weight is 242 g/mol. The SMILES string of the molecule is CC(C)(C)[Si](C)(C)OC[C@@H]1C=CCCCO1. The van der Waals surface area contributed by atoms with Crippen molar-refractivity contribution in [3.63, 3.8) is 0 Å². The maximum Gasteiger partial charge on any atom is 0.192 e. The van der Waals surface area contributed by atoms with Gasteiger partial charge in [0.25, 0.3) is 0 Å². The van der Waals surface area contributed by atoms with Gasteiger partial charge in [0.1, 0.15) is 0 Å². The first-order valence-corrected chi connectivity index (χ1v) is 9.16. The highest BCUT2D eigenvalue weighted by Gasteiger charge is 2.37. The number of ether oxygens (including phenoxy) is 1. The van der Waals surface area contributed by atoms with E-state index in [0.29, 0.717) is 6.61 Å². The van der Waals surface area contributed by atoms with Crippen molar-refractivity contribution < 1.29 is 9.16 Å². The topological polar surface area (TPSA) is 18.5 Å². The fraction of sp³-hybridized carbons (Fsp3) is 0.846. The van der Waals surface area contributed by atoms with Gasteiger partial charge >= 0.3 is 0 Å². The third-order valence-corrected chi connectivity index (χ3v) is 8.11. The second kappa shape index (κ2) is 5.47. The Morgan fingerprint density at radius 3 is 2.69 bits per heavy atom. The van der Waals surface area contributed by atoms with E-state index in [0.717, 1.165) is 19.4 Å². The van der Waals surface area contributed by atoms with Gasteiger partial charge in [-0.15, -0.1) is 0 Å². The summed E-state index contributed by atoms with van der Waals surface area (Å²) in [6.45, 7) is 12.9. The van der Waals surface area contributed by atoms with Crippen molar-refractivity contribution in [3.8, 4) is 0 Å². The number of hydrogen-bond donors (Lipinski definition) is 0. The first-order chi connectivity index (χ1) is 7.33. The van der Waals surface area contributed by atoms with Gasteiger partial charge in [-0.3, -0.25) is 0 Å². The summed E-state index contributed by atoms with van der Waals surface area (Å²) < 4.78 is 11.9. The molecule has 1 aliphatic heterocycles. The number of hydrogen-bond acceptors (Lipinski definition) is 2. The highest BCUT2D eigenvalue weighted by molar-refractivity contribution is 6.74. The van der Waals surface area contributed by atoms with Gasteiger partial charge in [0.2, 0.25) is 0 Å². The van der Waals surface area contributed by atoms with Crippen LogP contribution in [-0.2, 0) is 9.16 Å². The quantitative estimate of drug-likeness (QED) is 0.554. The summed E-state index contributed by atoms with van der Waals surface area (Å²) in [6.07, 6.45) is 6.80. The fourth-order valence-electron chi connectivity index (χ4n) is 1.35. The Kier molecular flexibility index (Phi) is 4.77. The van der Waals surface area contributed by atoms with Crippen LogP contribution in [0.25, 0.3) is 0 Å². The van der Waals surface area contributed by atoms with Gasteiger partial charge in [0.15, 0.2) is 8.32 Å². The molecule has 0 fully saturated rings. The third kappa shape index (κ3) is 4.04. The van der Waals surface area contributed by atoms with Crippen molar-refractivity contribution in [3.05, 3.63) is 12.2 Å². The van der Waals surface area contributed by atoms with E-state index in [2.05, 4.69) is 46.0 Å². The van der Waals surface area contributed by atoms with Gasteiger partial charge in [0.05, 0.1) is 12.7 Å². The maximum atomic E-state index is 6.15. The fourth-order valence-corrected chi connectivity index (χ4v) is 2.36. The zero-order valence-corrected chi connectivity index (χ0v) is 12.4. The molecule has 16 heavy (non-hydrogen) atoms. The minimum atomic E-state index is -1.62. The molecule has 0 saturated carbocycles. The van der Waals surface area contributed by atoms with Crippen molar-refractivity contribution in [1.82, 2.24) is 0 Å². The molecule has 1 atom stereocenters. The first-order valence-electron chi connectivity index (χ1n) is 6.25. The maximum absolute atomic E-state index is 6.15. The molecule has 2 nitrogen and oxygen atoms in total. The van der Waals surface area contributed by atoms with Crippen LogP contribution in [0.15, 0.2) is 12.2 Å². The summed E-state index contributed by atoms with van der Waals surface area (Å²) in [4.78, 5) is 0. The van der Waals surface area contributed by atoms with Gasteiger partial charge < -0.3 is 9.16 Å². The molecular formula is C13H26O2Si. The summed E-state index contributed by atoms with van der Waals surface area (Å²) >= 11 is 0. The summed E-state index contributed by atoms with van der Waals surface area (Å²) in [5.74, 6) is 0. The molecule has 1 aliphatic rings. The zero-order valence-electron chi connectivity index (χ0n) is 11.4. The smallest absolute Gasteiger partial charge is 0.192 e. The monoisotopic (exact) mass is 242 g/mol. The first kappa shape index (κ1) is 13.9. The summed E-state index contributed by atoms with van der Waals surface area (Å²) in [6, 6.07) is 0. The van der Waals surface area contributed by atoms with Gasteiger partial charge in [-0.1, -0.05) is 32.9 Å². The molecule has 3 heteroatoms. The highest BCUT2D eigenvalue weighted by Crippen LogP contribution is 2.36. The Bertz CT molecular complexity index is 241. The standard InChI is InChI=1S/C13H26O2Si/c1-13(2,3)16(4,5)15-11-12-9-7-6-8-10-14-12/h7,9,12H,6,8,10-11H2,1-5H3/t12-/m0/s1. The van der Waals surface area contributed by atoms with E-state index in [1.165, 1.54) is 0 Å². The average Bonchev–Trinajstić information content (AvgIpc) is 2.41. The molecule has 0 bridgehead atoms. The number of allylic oxidation sites excluding steroid dienone is 1. The molecule has 1 rings (SSSR count). The normalized spacial score (nSPS) is 23.2. The van der Waals surface area contributed by atoms with Crippen LogP contribution in [0.5, 0.6) is 0 Å². The van der Waals surface area contributed by atoms with Crippen LogP contribution in [0.1, 0.15) is 33.6 Å². The molecule has 1 heterocycles. The second-order valence-corrected chi connectivity index (χ2v) is 10.9. The molecule has 0 saturated heterocycles. The summed E-state index contributed by atoms with van der Waals surface area (Å²) in [7, 11) is -1.62. The van der Waals surface area contributed by atoms with E-state index in [-0.39, 0.29) is 11.1 Å².